The van der Waals surface area contributed by atoms with Crippen LogP contribution in [0.1, 0.15) is 26.3 Å². The smallest absolute Gasteiger partial charge is 0.123 e. The summed E-state index contributed by atoms with van der Waals surface area (Å²) in [4.78, 5) is 0. The fourth-order valence-electron chi connectivity index (χ4n) is 1.69. The molecule has 0 aliphatic heterocycles. The maximum atomic E-state index is 5.35. The topological polar surface area (TPSA) is 30.5 Å². The Kier molecular flexibility index (Phi) is 5.99. The van der Waals surface area contributed by atoms with Crippen molar-refractivity contribution in [3.63, 3.8) is 0 Å². The first-order valence-corrected chi connectivity index (χ1v) is 6.50. The van der Waals surface area contributed by atoms with Gasteiger partial charge in [0.15, 0.2) is 0 Å². The Morgan fingerprint density at radius 3 is 2.39 bits per heavy atom. The molecule has 3 heteroatoms. The zero-order valence-electron chi connectivity index (χ0n) is 12.1. The third-order valence-corrected chi connectivity index (χ3v) is 3.41. The van der Waals surface area contributed by atoms with Crippen LogP contribution in [0, 0.1) is 11.8 Å². The summed E-state index contributed by atoms with van der Waals surface area (Å²) in [6.07, 6.45) is 0. The van der Waals surface area contributed by atoms with Crippen LogP contribution in [0.25, 0.3) is 0 Å². The summed E-state index contributed by atoms with van der Waals surface area (Å²) >= 11 is 0. The Bertz CT molecular complexity index is 364. The molecule has 0 aliphatic rings. The molecular weight excluding hydrogens is 226 g/mol. The van der Waals surface area contributed by atoms with Gasteiger partial charge in [0.05, 0.1) is 14.2 Å². The average molecular weight is 251 g/mol. The van der Waals surface area contributed by atoms with Crippen molar-refractivity contribution >= 4 is 0 Å². The molecule has 1 unspecified atom stereocenters. The fourth-order valence-corrected chi connectivity index (χ4v) is 1.69. The molecule has 1 N–H and O–H groups in total. The van der Waals surface area contributed by atoms with Gasteiger partial charge in [0.1, 0.15) is 11.5 Å². The van der Waals surface area contributed by atoms with Gasteiger partial charge in [0, 0.05) is 12.1 Å². The molecule has 0 bridgehead atoms. The van der Waals surface area contributed by atoms with Gasteiger partial charge >= 0.3 is 0 Å². The monoisotopic (exact) mass is 251 g/mol. The molecule has 102 valence electrons. The first-order chi connectivity index (χ1) is 8.58. The van der Waals surface area contributed by atoms with Gasteiger partial charge in [-0.2, -0.15) is 0 Å². The summed E-state index contributed by atoms with van der Waals surface area (Å²) in [5, 5.41) is 3.47. The quantitative estimate of drug-likeness (QED) is 0.808. The van der Waals surface area contributed by atoms with Gasteiger partial charge in [-0.25, -0.2) is 0 Å². The van der Waals surface area contributed by atoms with Crippen LogP contribution < -0.4 is 14.8 Å². The molecule has 0 amide bonds. The number of ether oxygens (including phenoxy) is 2. The molecule has 0 saturated heterocycles. The predicted octanol–water partition coefficient (Wildman–Crippen LogP) is 3.09. The average Bonchev–Trinajstić information content (AvgIpc) is 2.38. The van der Waals surface area contributed by atoms with Crippen molar-refractivity contribution in [3.05, 3.63) is 23.8 Å². The summed E-state index contributed by atoms with van der Waals surface area (Å²) in [5.74, 6) is 3.14. The second-order valence-electron chi connectivity index (χ2n) is 5.03. The lowest BCUT2D eigenvalue weighted by Crippen LogP contribution is -2.24. The molecule has 1 atom stereocenters. The van der Waals surface area contributed by atoms with E-state index < -0.39 is 0 Å². The van der Waals surface area contributed by atoms with Gasteiger partial charge in [-0.05, 0) is 36.6 Å². The second kappa shape index (κ2) is 7.27. The standard InChI is InChI=1S/C15H25NO2/c1-11(2)12(3)9-16-10-13-8-14(17-4)6-7-15(13)18-5/h6-8,11-12,16H,9-10H2,1-5H3. The molecule has 0 aliphatic carbocycles. The second-order valence-corrected chi connectivity index (χ2v) is 5.03. The van der Waals surface area contributed by atoms with E-state index in [1.54, 1.807) is 14.2 Å². The van der Waals surface area contributed by atoms with Gasteiger partial charge in [0.25, 0.3) is 0 Å². The molecule has 1 aromatic carbocycles. The molecule has 0 fully saturated rings. The van der Waals surface area contributed by atoms with E-state index in [1.165, 1.54) is 0 Å². The van der Waals surface area contributed by atoms with Crippen LogP contribution in [-0.4, -0.2) is 20.8 Å². The van der Waals surface area contributed by atoms with Crippen molar-refractivity contribution in [2.24, 2.45) is 11.8 Å². The lowest BCUT2D eigenvalue weighted by Gasteiger charge is -2.17. The number of nitrogens with one attached hydrogen (secondary N) is 1. The minimum absolute atomic E-state index is 0.668. The summed E-state index contributed by atoms with van der Waals surface area (Å²) in [6.45, 7) is 8.58. The van der Waals surface area contributed by atoms with Crippen molar-refractivity contribution in [2.45, 2.75) is 27.3 Å². The summed E-state index contributed by atoms with van der Waals surface area (Å²) in [6, 6.07) is 5.88. The molecule has 1 aromatic rings. The lowest BCUT2D eigenvalue weighted by atomic mass is 9.98. The summed E-state index contributed by atoms with van der Waals surface area (Å²) in [5.41, 5.74) is 1.13. The Balaban J connectivity index is 2.59. The van der Waals surface area contributed by atoms with Crippen molar-refractivity contribution < 1.29 is 9.47 Å². The van der Waals surface area contributed by atoms with E-state index in [2.05, 4.69) is 26.1 Å². The molecule has 0 heterocycles. The van der Waals surface area contributed by atoms with Gasteiger partial charge in [-0.15, -0.1) is 0 Å². The largest absolute Gasteiger partial charge is 0.497 e. The van der Waals surface area contributed by atoms with E-state index in [-0.39, 0.29) is 0 Å². The van der Waals surface area contributed by atoms with Crippen LogP contribution in [0.5, 0.6) is 11.5 Å². The Morgan fingerprint density at radius 2 is 1.83 bits per heavy atom. The maximum Gasteiger partial charge on any atom is 0.123 e. The van der Waals surface area contributed by atoms with Crippen LogP contribution in [0.3, 0.4) is 0 Å². The van der Waals surface area contributed by atoms with E-state index in [4.69, 9.17) is 9.47 Å². The third kappa shape index (κ3) is 4.22. The third-order valence-electron chi connectivity index (χ3n) is 3.41. The van der Waals surface area contributed by atoms with E-state index in [9.17, 15) is 0 Å². The highest BCUT2D eigenvalue weighted by atomic mass is 16.5. The zero-order valence-corrected chi connectivity index (χ0v) is 12.1. The molecule has 1 rings (SSSR count). The van der Waals surface area contributed by atoms with Crippen LogP contribution in [0.2, 0.25) is 0 Å². The number of hydrogen-bond donors (Lipinski definition) is 1. The highest BCUT2D eigenvalue weighted by Crippen LogP contribution is 2.23. The van der Waals surface area contributed by atoms with Gasteiger partial charge in [-0.1, -0.05) is 20.8 Å². The SMILES string of the molecule is COc1ccc(OC)c(CNCC(C)C(C)C)c1. The van der Waals surface area contributed by atoms with E-state index in [0.717, 1.165) is 30.2 Å². The predicted molar refractivity (Wildman–Crippen MR) is 75.3 cm³/mol. The molecule has 0 aromatic heterocycles. The van der Waals surface area contributed by atoms with Gasteiger partial charge < -0.3 is 14.8 Å². The molecule has 3 nitrogen and oxygen atoms in total. The highest BCUT2D eigenvalue weighted by molar-refractivity contribution is 5.40. The van der Waals surface area contributed by atoms with Crippen molar-refractivity contribution in [1.82, 2.24) is 5.32 Å². The maximum absolute atomic E-state index is 5.35. The van der Waals surface area contributed by atoms with E-state index >= 15 is 0 Å². The molecular formula is C15H25NO2. The first kappa shape index (κ1) is 14.8. The molecule has 18 heavy (non-hydrogen) atoms. The normalized spacial score (nSPS) is 12.6. The summed E-state index contributed by atoms with van der Waals surface area (Å²) in [7, 11) is 3.38. The van der Waals surface area contributed by atoms with E-state index in [0.29, 0.717) is 11.8 Å². The molecule has 0 spiro atoms. The van der Waals surface area contributed by atoms with Gasteiger partial charge in [0.2, 0.25) is 0 Å². The van der Waals surface area contributed by atoms with Crippen LogP contribution in [0.4, 0.5) is 0 Å². The number of hydrogen-bond acceptors (Lipinski definition) is 3. The summed E-state index contributed by atoms with van der Waals surface area (Å²) < 4.78 is 10.6. The van der Waals surface area contributed by atoms with Crippen molar-refractivity contribution in [3.8, 4) is 11.5 Å². The Hall–Kier alpha value is -1.22. The molecule has 0 saturated carbocycles. The number of methoxy groups -OCH3 is 2. The van der Waals surface area contributed by atoms with Crippen LogP contribution in [-0.2, 0) is 6.54 Å². The number of rotatable bonds is 7. The van der Waals surface area contributed by atoms with Gasteiger partial charge in [-0.3, -0.25) is 0 Å². The van der Waals surface area contributed by atoms with E-state index in [1.807, 2.05) is 18.2 Å². The molecule has 0 radical (unpaired) electrons. The first-order valence-electron chi connectivity index (χ1n) is 6.50. The number of benzene rings is 1. The fraction of sp³-hybridized carbons (Fsp3) is 0.600. The zero-order chi connectivity index (χ0) is 13.5. The Labute approximate surface area is 110 Å². The Morgan fingerprint density at radius 1 is 1.11 bits per heavy atom. The van der Waals surface area contributed by atoms with Crippen LogP contribution >= 0.6 is 0 Å². The van der Waals surface area contributed by atoms with Crippen molar-refractivity contribution in [2.75, 3.05) is 20.8 Å². The minimum Gasteiger partial charge on any atom is -0.497 e. The lowest BCUT2D eigenvalue weighted by molar-refractivity contribution is 0.381. The highest BCUT2D eigenvalue weighted by Gasteiger charge is 2.08. The minimum atomic E-state index is 0.668. The van der Waals surface area contributed by atoms with Crippen molar-refractivity contribution in [1.29, 1.82) is 0 Å². The van der Waals surface area contributed by atoms with Crippen LogP contribution in [0.15, 0.2) is 18.2 Å².